The Morgan fingerprint density at radius 3 is 2.79 bits per heavy atom. The minimum Gasteiger partial charge on any atom is -0.488 e. The largest absolute Gasteiger partial charge is 0.488 e. The fourth-order valence-electron chi connectivity index (χ4n) is 3.46. The number of nitriles is 1. The Hall–Kier alpha value is -2.69. The summed E-state index contributed by atoms with van der Waals surface area (Å²) in [5.41, 5.74) is 1.25. The van der Waals surface area contributed by atoms with Crippen LogP contribution in [0.15, 0.2) is 41.8 Å². The number of nitrogens with zero attached hydrogens (tertiary/aromatic N) is 2. The molecule has 142 valence electrons. The van der Waals surface area contributed by atoms with Gasteiger partial charge < -0.3 is 9.84 Å². The third-order valence-electron chi connectivity index (χ3n) is 4.84. The number of hydrogen-bond acceptors (Lipinski definition) is 6. The molecule has 1 aromatic carbocycles. The Morgan fingerprint density at radius 2 is 2.04 bits per heavy atom. The van der Waals surface area contributed by atoms with Crippen LogP contribution >= 0.6 is 22.7 Å². The lowest BCUT2D eigenvalue weighted by Gasteiger charge is -2.28. The molecular weight excluding hydrogens is 392 g/mol. The van der Waals surface area contributed by atoms with Crippen molar-refractivity contribution in [2.45, 2.75) is 31.8 Å². The molecule has 1 fully saturated rings. The first-order chi connectivity index (χ1) is 13.7. The third-order valence-corrected chi connectivity index (χ3v) is 6.79. The maximum Gasteiger partial charge on any atom is 0.348 e. The summed E-state index contributed by atoms with van der Waals surface area (Å²) in [6.45, 7) is 0. The number of hydrogen-bond donors (Lipinski definition) is 1. The summed E-state index contributed by atoms with van der Waals surface area (Å²) in [4.78, 5) is 17.4. The van der Waals surface area contributed by atoms with E-state index in [1.54, 1.807) is 0 Å². The van der Waals surface area contributed by atoms with Gasteiger partial charge in [0.2, 0.25) is 0 Å². The molecule has 0 radical (unpaired) electrons. The number of thiazole rings is 1. The van der Waals surface area contributed by atoms with Gasteiger partial charge in [-0.15, -0.1) is 22.7 Å². The van der Waals surface area contributed by atoms with E-state index in [0.717, 1.165) is 47.5 Å². The Balaban J connectivity index is 1.72. The van der Waals surface area contributed by atoms with Crippen LogP contribution < -0.4 is 4.74 Å². The summed E-state index contributed by atoms with van der Waals surface area (Å²) in [6, 6.07) is 13.6. The number of aromatic nitrogens is 1. The van der Waals surface area contributed by atoms with Crippen LogP contribution in [0.3, 0.4) is 0 Å². The summed E-state index contributed by atoms with van der Waals surface area (Å²) in [7, 11) is 0. The first-order valence-electron chi connectivity index (χ1n) is 9.11. The molecule has 0 spiro atoms. The molecule has 1 N–H and O–H groups in total. The van der Waals surface area contributed by atoms with E-state index in [1.165, 1.54) is 11.3 Å². The second-order valence-electron chi connectivity index (χ2n) is 6.65. The first-order valence-corrected chi connectivity index (χ1v) is 10.8. The normalized spacial score (nSPS) is 19.1. The van der Waals surface area contributed by atoms with E-state index in [0.29, 0.717) is 16.5 Å². The van der Waals surface area contributed by atoms with Gasteiger partial charge in [0, 0.05) is 0 Å². The van der Waals surface area contributed by atoms with Gasteiger partial charge in [0.15, 0.2) is 0 Å². The molecule has 4 rings (SSSR count). The van der Waals surface area contributed by atoms with Crippen LogP contribution in [0, 0.1) is 17.2 Å². The summed E-state index contributed by atoms with van der Waals surface area (Å²) >= 11 is 2.62. The van der Waals surface area contributed by atoms with Gasteiger partial charge in [0.25, 0.3) is 0 Å². The van der Waals surface area contributed by atoms with Crippen molar-refractivity contribution >= 4 is 28.6 Å². The molecular formula is C21H18N2O3S2. The molecule has 1 aliphatic carbocycles. The van der Waals surface area contributed by atoms with Crippen LogP contribution in [0.5, 0.6) is 5.75 Å². The van der Waals surface area contributed by atoms with Crippen LogP contribution in [0.1, 0.15) is 35.4 Å². The number of ether oxygens (including phenoxy) is 1. The molecule has 2 unspecified atom stereocenters. The van der Waals surface area contributed by atoms with Gasteiger partial charge in [0.05, 0.1) is 22.4 Å². The number of carboxylic acids is 1. The molecule has 0 bridgehead atoms. The molecule has 28 heavy (non-hydrogen) atoms. The maximum absolute atomic E-state index is 11.8. The van der Waals surface area contributed by atoms with Gasteiger partial charge in [-0.1, -0.05) is 24.6 Å². The number of para-hydroxylation sites is 1. The fraction of sp³-hybridized carbons (Fsp3) is 0.286. The highest BCUT2D eigenvalue weighted by atomic mass is 32.1. The molecule has 1 saturated carbocycles. The molecule has 0 aliphatic heterocycles. The van der Waals surface area contributed by atoms with E-state index in [2.05, 4.69) is 11.1 Å². The lowest BCUT2D eigenvalue weighted by Crippen LogP contribution is -2.29. The second kappa shape index (κ2) is 8.13. The highest BCUT2D eigenvalue weighted by Gasteiger charge is 2.28. The molecule has 1 aliphatic rings. The van der Waals surface area contributed by atoms with Crippen LogP contribution in [0.4, 0.5) is 0 Å². The van der Waals surface area contributed by atoms with Crippen molar-refractivity contribution in [3.05, 3.63) is 46.7 Å². The summed E-state index contributed by atoms with van der Waals surface area (Å²) < 4.78 is 6.24. The van der Waals surface area contributed by atoms with Crippen molar-refractivity contribution in [1.29, 1.82) is 5.26 Å². The van der Waals surface area contributed by atoms with E-state index < -0.39 is 5.97 Å². The molecule has 7 heteroatoms. The lowest BCUT2D eigenvalue weighted by molar-refractivity contribution is 0.0702. The molecule has 0 saturated heterocycles. The minimum absolute atomic E-state index is 0.116. The minimum atomic E-state index is -0.984. The van der Waals surface area contributed by atoms with Gasteiger partial charge >= 0.3 is 5.97 Å². The summed E-state index contributed by atoms with van der Waals surface area (Å²) in [5.74, 6) is -0.449. The highest BCUT2D eigenvalue weighted by Crippen LogP contribution is 2.40. The van der Waals surface area contributed by atoms with E-state index >= 15 is 0 Å². The molecule has 0 amide bonds. The molecule has 3 aromatic rings. The van der Waals surface area contributed by atoms with Crippen molar-refractivity contribution < 1.29 is 14.6 Å². The molecule has 5 nitrogen and oxygen atoms in total. The molecule has 2 heterocycles. The van der Waals surface area contributed by atoms with Gasteiger partial charge in [-0.25, -0.2) is 9.78 Å². The van der Waals surface area contributed by atoms with Crippen molar-refractivity contribution in [3.8, 4) is 33.0 Å². The number of rotatable bonds is 5. The maximum atomic E-state index is 11.8. The quantitative estimate of drug-likeness (QED) is 0.583. The summed E-state index contributed by atoms with van der Waals surface area (Å²) in [6.07, 6.45) is 3.67. The zero-order valence-electron chi connectivity index (χ0n) is 15.0. The number of aromatic carboxylic acids is 1. The van der Waals surface area contributed by atoms with Crippen molar-refractivity contribution in [2.75, 3.05) is 0 Å². The summed E-state index contributed by atoms with van der Waals surface area (Å²) in [5, 5.41) is 21.6. The predicted octanol–water partition coefficient (Wildman–Crippen LogP) is 5.70. The number of carboxylic acid groups (broad SMARTS) is 1. The zero-order valence-corrected chi connectivity index (χ0v) is 16.6. The first kappa shape index (κ1) is 18.7. The zero-order chi connectivity index (χ0) is 19.5. The number of benzene rings is 1. The average Bonchev–Trinajstić information content (AvgIpc) is 3.38. The topological polar surface area (TPSA) is 83.2 Å². The van der Waals surface area contributed by atoms with E-state index in [4.69, 9.17) is 4.74 Å². The van der Waals surface area contributed by atoms with Crippen LogP contribution in [0.25, 0.3) is 21.1 Å². The Bertz CT molecular complexity index is 1020. The van der Waals surface area contributed by atoms with Gasteiger partial charge in [-0.3, -0.25) is 0 Å². The smallest absolute Gasteiger partial charge is 0.348 e. The van der Waals surface area contributed by atoms with Crippen molar-refractivity contribution in [1.82, 2.24) is 4.98 Å². The van der Waals surface area contributed by atoms with Gasteiger partial charge in [-0.2, -0.15) is 5.26 Å². The standard InChI is InChI=1S/C21H18N2O3S2/c22-12-13-6-1-3-8-15(13)26-16-9-4-2-7-14(16)20-23-18(17-10-5-11-27-17)19(28-20)21(24)25/h2,4-5,7,9-11,13,15H,1,3,6,8H2,(H,24,25). The molecule has 2 aromatic heterocycles. The lowest BCUT2D eigenvalue weighted by atomic mass is 9.87. The Labute approximate surface area is 170 Å². The monoisotopic (exact) mass is 410 g/mol. The van der Waals surface area contributed by atoms with Crippen molar-refractivity contribution in [3.63, 3.8) is 0 Å². The number of thiophene rings is 1. The Morgan fingerprint density at radius 1 is 1.21 bits per heavy atom. The second-order valence-corrected chi connectivity index (χ2v) is 8.60. The molecule has 2 atom stereocenters. The van der Waals surface area contributed by atoms with Gasteiger partial charge in [0.1, 0.15) is 27.4 Å². The highest BCUT2D eigenvalue weighted by molar-refractivity contribution is 7.18. The van der Waals surface area contributed by atoms with Crippen LogP contribution in [-0.2, 0) is 0 Å². The fourth-order valence-corrected chi connectivity index (χ4v) is 5.19. The van der Waals surface area contributed by atoms with E-state index in [1.807, 2.05) is 41.8 Å². The van der Waals surface area contributed by atoms with Crippen molar-refractivity contribution in [2.24, 2.45) is 5.92 Å². The third kappa shape index (κ3) is 3.66. The van der Waals surface area contributed by atoms with Gasteiger partial charge in [-0.05, 0) is 42.8 Å². The SMILES string of the molecule is N#CC1CCCCC1Oc1ccccc1-c1nc(-c2cccs2)c(C(=O)O)s1. The Kier molecular flexibility index (Phi) is 5.42. The van der Waals surface area contributed by atoms with E-state index in [9.17, 15) is 15.2 Å². The predicted molar refractivity (Wildman–Crippen MR) is 110 cm³/mol. The number of carbonyl (C=O) groups is 1. The van der Waals surface area contributed by atoms with Crippen LogP contribution in [-0.4, -0.2) is 22.2 Å². The van der Waals surface area contributed by atoms with Crippen LogP contribution in [0.2, 0.25) is 0 Å². The van der Waals surface area contributed by atoms with E-state index in [-0.39, 0.29) is 16.9 Å². The average molecular weight is 411 g/mol.